The van der Waals surface area contributed by atoms with Crippen LogP contribution >= 0.6 is 0 Å². The summed E-state index contributed by atoms with van der Waals surface area (Å²) < 4.78 is 25.1. The number of halogens is 1. The van der Waals surface area contributed by atoms with E-state index >= 15 is 0 Å². The number of aromatic nitrogens is 3. The summed E-state index contributed by atoms with van der Waals surface area (Å²) in [6, 6.07) is 4.75. The van der Waals surface area contributed by atoms with Gasteiger partial charge in [-0.05, 0) is 12.1 Å². The van der Waals surface area contributed by atoms with Gasteiger partial charge in [0.1, 0.15) is 42.4 Å². The van der Waals surface area contributed by atoms with Crippen molar-refractivity contribution in [3.63, 3.8) is 0 Å². The van der Waals surface area contributed by atoms with E-state index < -0.39 is 17.0 Å². The predicted octanol–water partition coefficient (Wildman–Crippen LogP) is 1.52. The maximum atomic E-state index is 13.2. The van der Waals surface area contributed by atoms with Gasteiger partial charge in [-0.2, -0.15) is 0 Å². The van der Waals surface area contributed by atoms with Gasteiger partial charge in [0, 0.05) is 12.1 Å². The minimum absolute atomic E-state index is 0.0240. The molecule has 0 fully saturated rings. The number of carbonyl (C=O) groups is 1. The zero-order chi connectivity index (χ0) is 17.8. The zero-order valence-electron chi connectivity index (χ0n) is 12.8. The summed E-state index contributed by atoms with van der Waals surface area (Å²) in [4.78, 5) is 22.3. The molecular weight excluding hydrogens is 333 g/mol. The van der Waals surface area contributed by atoms with Gasteiger partial charge >= 0.3 is 0 Å². The maximum absolute atomic E-state index is 13.2. The van der Waals surface area contributed by atoms with E-state index in [2.05, 4.69) is 10.3 Å². The molecule has 0 saturated heterocycles. The number of aromatic hydroxyl groups is 1. The Bertz CT molecular complexity index is 966. The highest BCUT2D eigenvalue weighted by atomic mass is 19.1. The molecule has 0 amide bonds. The largest absolute Gasteiger partial charge is 0.502 e. The standard InChI is InChI=1S/C16H12FN3O5/c17-11-2-1-10(7-21)16(3-11)25-8-12-5-20(19-18-12)6-13-4-14(22)15(23)9-24-13/h1-5,7,9,23H,6,8H2. The first-order chi connectivity index (χ1) is 12.0. The van der Waals surface area contributed by atoms with Crippen LogP contribution in [0, 0.1) is 5.82 Å². The Morgan fingerprint density at radius 2 is 2.20 bits per heavy atom. The van der Waals surface area contributed by atoms with Gasteiger partial charge in [-0.1, -0.05) is 5.21 Å². The van der Waals surface area contributed by atoms with Crippen LogP contribution in [-0.2, 0) is 13.2 Å². The molecule has 2 heterocycles. The molecule has 3 rings (SSSR count). The second-order valence-electron chi connectivity index (χ2n) is 5.09. The summed E-state index contributed by atoms with van der Waals surface area (Å²) in [6.07, 6.45) is 3.06. The first-order valence-electron chi connectivity index (χ1n) is 7.12. The van der Waals surface area contributed by atoms with Crippen molar-refractivity contribution >= 4 is 6.29 Å². The number of benzene rings is 1. The third-order valence-corrected chi connectivity index (χ3v) is 3.25. The third-order valence-electron chi connectivity index (χ3n) is 3.25. The Kier molecular flexibility index (Phi) is 4.55. The molecule has 0 aliphatic carbocycles. The van der Waals surface area contributed by atoms with Crippen molar-refractivity contribution in [2.24, 2.45) is 0 Å². The molecule has 2 aromatic heterocycles. The van der Waals surface area contributed by atoms with E-state index in [9.17, 15) is 14.0 Å². The number of nitrogens with zero attached hydrogens (tertiary/aromatic N) is 3. The molecule has 9 heteroatoms. The van der Waals surface area contributed by atoms with E-state index in [1.807, 2.05) is 0 Å². The summed E-state index contributed by atoms with van der Waals surface area (Å²) >= 11 is 0. The topological polar surface area (TPSA) is 107 Å². The monoisotopic (exact) mass is 345 g/mol. The highest BCUT2D eigenvalue weighted by Crippen LogP contribution is 2.19. The number of aldehydes is 1. The molecule has 0 bridgehead atoms. The van der Waals surface area contributed by atoms with Crippen LogP contribution in [0.1, 0.15) is 21.8 Å². The maximum Gasteiger partial charge on any atom is 0.226 e. The quantitative estimate of drug-likeness (QED) is 0.675. The van der Waals surface area contributed by atoms with Crippen LogP contribution in [0.15, 0.2) is 45.9 Å². The lowest BCUT2D eigenvalue weighted by molar-refractivity contribution is 0.111. The van der Waals surface area contributed by atoms with Crippen LogP contribution in [0.3, 0.4) is 0 Å². The molecule has 25 heavy (non-hydrogen) atoms. The molecular formula is C16H12FN3O5. The van der Waals surface area contributed by atoms with Crippen LogP contribution in [-0.4, -0.2) is 26.4 Å². The van der Waals surface area contributed by atoms with Crippen molar-refractivity contribution < 1.29 is 23.4 Å². The average molecular weight is 345 g/mol. The van der Waals surface area contributed by atoms with Crippen LogP contribution in [0.4, 0.5) is 4.39 Å². The van der Waals surface area contributed by atoms with E-state index in [1.165, 1.54) is 10.7 Å². The van der Waals surface area contributed by atoms with E-state index in [1.54, 1.807) is 6.20 Å². The van der Waals surface area contributed by atoms with Gasteiger partial charge in [0.15, 0.2) is 12.0 Å². The normalized spacial score (nSPS) is 10.6. The van der Waals surface area contributed by atoms with E-state index in [4.69, 9.17) is 14.3 Å². The summed E-state index contributed by atoms with van der Waals surface area (Å²) in [5.41, 5.74) is 0.0966. The number of rotatable bonds is 6. The summed E-state index contributed by atoms with van der Waals surface area (Å²) in [5, 5.41) is 16.9. The molecule has 0 radical (unpaired) electrons. The molecule has 0 spiro atoms. The average Bonchev–Trinajstić information content (AvgIpc) is 3.04. The Labute approximate surface area is 140 Å². The first-order valence-corrected chi connectivity index (χ1v) is 7.12. The van der Waals surface area contributed by atoms with Gasteiger partial charge in [-0.25, -0.2) is 9.07 Å². The second kappa shape index (κ2) is 6.95. The lowest BCUT2D eigenvalue weighted by Crippen LogP contribution is -2.05. The first kappa shape index (κ1) is 16.4. The summed E-state index contributed by atoms with van der Waals surface area (Å²) in [5.74, 6) is -0.605. The van der Waals surface area contributed by atoms with Gasteiger partial charge in [0.25, 0.3) is 0 Å². The van der Waals surface area contributed by atoms with Crippen molar-refractivity contribution in [3.8, 4) is 11.5 Å². The number of hydrogen-bond acceptors (Lipinski definition) is 7. The SMILES string of the molecule is O=Cc1ccc(F)cc1OCc1cn(Cc2cc(=O)c(O)co2)nn1. The second-order valence-corrected chi connectivity index (χ2v) is 5.09. The van der Waals surface area contributed by atoms with Crippen molar-refractivity contribution in [1.82, 2.24) is 15.0 Å². The molecule has 1 N–H and O–H groups in total. The molecule has 0 atom stereocenters. The Hall–Kier alpha value is -3.49. The van der Waals surface area contributed by atoms with Crippen molar-refractivity contribution in [3.05, 3.63) is 69.8 Å². The van der Waals surface area contributed by atoms with E-state index in [-0.39, 0.29) is 30.2 Å². The number of ether oxygens (including phenoxy) is 1. The van der Waals surface area contributed by atoms with E-state index in [0.29, 0.717) is 12.0 Å². The fourth-order valence-corrected chi connectivity index (χ4v) is 2.05. The third kappa shape index (κ3) is 3.89. The molecule has 1 aromatic carbocycles. The van der Waals surface area contributed by atoms with Crippen molar-refractivity contribution in [2.45, 2.75) is 13.2 Å². The van der Waals surface area contributed by atoms with Gasteiger partial charge in [0.2, 0.25) is 5.43 Å². The van der Waals surface area contributed by atoms with Crippen LogP contribution in [0.25, 0.3) is 0 Å². The fourth-order valence-electron chi connectivity index (χ4n) is 2.05. The molecule has 0 aliphatic heterocycles. The minimum atomic E-state index is -0.558. The Balaban J connectivity index is 1.68. The van der Waals surface area contributed by atoms with Gasteiger partial charge < -0.3 is 14.3 Å². The number of hydrogen-bond donors (Lipinski definition) is 1. The van der Waals surface area contributed by atoms with Crippen molar-refractivity contribution in [2.75, 3.05) is 0 Å². The Morgan fingerprint density at radius 1 is 1.36 bits per heavy atom. The highest BCUT2D eigenvalue weighted by molar-refractivity contribution is 5.79. The molecule has 3 aromatic rings. The Morgan fingerprint density at radius 3 is 2.96 bits per heavy atom. The van der Waals surface area contributed by atoms with Crippen LogP contribution in [0.2, 0.25) is 0 Å². The van der Waals surface area contributed by atoms with Crippen LogP contribution < -0.4 is 10.2 Å². The molecule has 0 unspecified atom stereocenters. The van der Waals surface area contributed by atoms with Gasteiger partial charge in [-0.15, -0.1) is 5.10 Å². The molecule has 128 valence electrons. The molecule has 0 saturated carbocycles. The van der Waals surface area contributed by atoms with Crippen molar-refractivity contribution in [1.29, 1.82) is 0 Å². The highest BCUT2D eigenvalue weighted by Gasteiger charge is 2.09. The number of carbonyl (C=O) groups excluding carboxylic acids is 1. The lowest BCUT2D eigenvalue weighted by atomic mass is 10.2. The lowest BCUT2D eigenvalue weighted by Gasteiger charge is -2.06. The zero-order valence-corrected chi connectivity index (χ0v) is 12.8. The minimum Gasteiger partial charge on any atom is -0.502 e. The van der Waals surface area contributed by atoms with Crippen LogP contribution in [0.5, 0.6) is 11.5 Å². The molecule has 0 aliphatic rings. The smallest absolute Gasteiger partial charge is 0.226 e. The molecule has 8 nitrogen and oxygen atoms in total. The summed E-state index contributed by atoms with van der Waals surface area (Å²) in [6.45, 7) is 0.103. The van der Waals surface area contributed by atoms with Gasteiger partial charge in [0.05, 0.1) is 11.8 Å². The fraction of sp³-hybridized carbons (Fsp3) is 0.125. The summed E-state index contributed by atoms with van der Waals surface area (Å²) in [7, 11) is 0. The predicted molar refractivity (Wildman–Crippen MR) is 81.9 cm³/mol. The van der Waals surface area contributed by atoms with Gasteiger partial charge in [-0.3, -0.25) is 9.59 Å². The van der Waals surface area contributed by atoms with E-state index in [0.717, 1.165) is 24.5 Å².